The summed E-state index contributed by atoms with van der Waals surface area (Å²) in [5.41, 5.74) is 0.978. The summed E-state index contributed by atoms with van der Waals surface area (Å²) in [5.74, 6) is 0.571. The fraction of sp³-hybridized carbons (Fsp3) is 0.286. The predicted molar refractivity (Wildman–Crippen MR) is 70.4 cm³/mol. The number of imidazole rings is 1. The molecule has 1 N–H and O–H groups in total. The number of benzene rings is 1. The molecule has 1 aromatic carbocycles. The molecule has 0 saturated carbocycles. The molecule has 2 aromatic rings. The zero-order valence-electron chi connectivity index (χ0n) is 11.0. The number of ether oxygens (including phenoxy) is 1. The van der Waals surface area contributed by atoms with E-state index in [0.717, 1.165) is 12.4 Å². The first-order valence-corrected chi connectivity index (χ1v) is 6.08. The van der Waals surface area contributed by atoms with Gasteiger partial charge >= 0.3 is 5.97 Å². The van der Waals surface area contributed by atoms with Crippen molar-refractivity contribution in [3.8, 4) is 5.75 Å². The summed E-state index contributed by atoms with van der Waals surface area (Å²) in [7, 11) is 0. The van der Waals surface area contributed by atoms with Crippen LogP contribution in [0.4, 0.5) is 0 Å². The number of carbonyl (C=O) groups is 1. The highest BCUT2D eigenvalue weighted by Gasteiger charge is 2.08. The molecule has 0 atom stereocenters. The quantitative estimate of drug-likeness (QED) is 0.897. The Labute approximate surface area is 111 Å². The molecular formula is C14H16N2O3. The van der Waals surface area contributed by atoms with Crippen LogP contribution in [0.25, 0.3) is 0 Å². The van der Waals surface area contributed by atoms with Crippen molar-refractivity contribution in [2.75, 3.05) is 0 Å². The summed E-state index contributed by atoms with van der Waals surface area (Å²) in [5, 5.41) is 8.95. The Bertz CT molecular complexity index is 590. The minimum absolute atomic E-state index is 0.294. The highest BCUT2D eigenvalue weighted by Crippen LogP contribution is 2.18. The van der Waals surface area contributed by atoms with E-state index in [-0.39, 0.29) is 0 Å². The largest absolute Gasteiger partial charge is 0.486 e. The van der Waals surface area contributed by atoms with Gasteiger partial charge in [0, 0.05) is 18.9 Å². The average Bonchev–Trinajstić information content (AvgIpc) is 2.83. The maximum Gasteiger partial charge on any atom is 0.335 e. The number of hydrogen-bond donors (Lipinski definition) is 1. The predicted octanol–water partition coefficient (Wildman–Crippen LogP) is 2.49. The minimum atomic E-state index is -0.925. The van der Waals surface area contributed by atoms with Gasteiger partial charge in [-0.1, -0.05) is 0 Å². The highest BCUT2D eigenvalue weighted by molar-refractivity contribution is 5.89. The number of rotatable bonds is 5. The first-order valence-electron chi connectivity index (χ1n) is 6.08. The first-order chi connectivity index (χ1) is 9.11. The maximum atomic E-state index is 10.9. The third-order valence-corrected chi connectivity index (χ3v) is 2.94. The van der Waals surface area contributed by atoms with Gasteiger partial charge in [0.1, 0.15) is 18.2 Å². The Morgan fingerprint density at radius 2 is 2.26 bits per heavy atom. The van der Waals surface area contributed by atoms with Crippen molar-refractivity contribution in [2.24, 2.45) is 0 Å². The number of aromatic nitrogens is 2. The fourth-order valence-electron chi connectivity index (χ4n) is 1.88. The lowest BCUT2D eigenvalue weighted by Crippen LogP contribution is -2.06. The number of nitrogens with zero attached hydrogens (tertiary/aromatic N) is 2. The van der Waals surface area contributed by atoms with Gasteiger partial charge in [0.2, 0.25) is 0 Å². The number of carboxylic acid groups (broad SMARTS) is 1. The molecule has 0 aliphatic heterocycles. The van der Waals surface area contributed by atoms with E-state index in [1.54, 1.807) is 31.3 Å². The molecule has 0 spiro atoms. The molecule has 0 unspecified atom stereocenters. The molecule has 0 fully saturated rings. The van der Waals surface area contributed by atoms with Gasteiger partial charge in [-0.15, -0.1) is 0 Å². The Kier molecular flexibility index (Phi) is 3.85. The van der Waals surface area contributed by atoms with Crippen molar-refractivity contribution in [3.63, 3.8) is 0 Å². The van der Waals surface area contributed by atoms with Crippen LogP contribution >= 0.6 is 0 Å². The van der Waals surface area contributed by atoms with E-state index in [9.17, 15) is 4.79 Å². The van der Waals surface area contributed by atoms with Gasteiger partial charge in [-0.25, -0.2) is 9.78 Å². The number of aromatic carboxylic acids is 1. The van der Waals surface area contributed by atoms with Crippen LogP contribution in [0.2, 0.25) is 0 Å². The molecule has 0 amide bonds. The van der Waals surface area contributed by atoms with Crippen molar-refractivity contribution in [3.05, 3.63) is 47.5 Å². The molecule has 0 bridgehead atoms. The van der Waals surface area contributed by atoms with Crippen LogP contribution in [-0.4, -0.2) is 20.6 Å². The highest BCUT2D eigenvalue weighted by atomic mass is 16.5. The van der Waals surface area contributed by atoms with E-state index in [0.29, 0.717) is 23.5 Å². The van der Waals surface area contributed by atoms with Crippen molar-refractivity contribution >= 4 is 5.97 Å². The molecule has 1 heterocycles. The molecule has 0 saturated heterocycles. The Morgan fingerprint density at radius 3 is 2.89 bits per heavy atom. The van der Waals surface area contributed by atoms with Crippen molar-refractivity contribution < 1.29 is 14.6 Å². The van der Waals surface area contributed by atoms with E-state index in [2.05, 4.69) is 4.98 Å². The fourth-order valence-corrected chi connectivity index (χ4v) is 1.88. The Morgan fingerprint density at radius 1 is 1.47 bits per heavy atom. The number of hydrogen-bond acceptors (Lipinski definition) is 3. The second kappa shape index (κ2) is 5.56. The van der Waals surface area contributed by atoms with Crippen LogP contribution < -0.4 is 4.74 Å². The van der Waals surface area contributed by atoms with Crippen molar-refractivity contribution in [2.45, 2.75) is 27.0 Å². The molecule has 19 heavy (non-hydrogen) atoms. The van der Waals surface area contributed by atoms with Crippen molar-refractivity contribution in [1.29, 1.82) is 0 Å². The van der Waals surface area contributed by atoms with Gasteiger partial charge in [0.25, 0.3) is 0 Å². The maximum absolute atomic E-state index is 10.9. The summed E-state index contributed by atoms with van der Waals surface area (Å²) in [6.45, 7) is 5.00. The molecule has 2 rings (SSSR count). The standard InChI is InChI=1S/C14H16N2O3/c1-3-16-7-6-15-13(16)9-19-11-4-5-12(14(17)18)10(2)8-11/h4-8H,3,9H2,1-2H3,(H,17,18). The second-order valence-electron chi connectivity index (χ2n) is 4.20. The molecule has 0 radical (unpaired) electrons. The monoisotopic (exact) mass is 260 g/mol. The van der Waals surface area contributed by atoms with Crippen LogP contribution in [0.3, 0.4) is 0 Å². The third-order valence-electron chi connectivity index (χ3n) is 2.94. The Hall–Kier alpha value is -2.30. The van der Waals surface area contributed by atoms with Crippen LogP contribution in [-0.2, 0) is 13.2 Å². The van der Waals surface area contributed by atoms with E-state index in [1.807, 2.05) is 17.7 Å². The zero-order chi connectivity index (χ0) is 13.8. The lowest BCUT2D eigenvalue weighted by atomic mass is 10.1. The van der Waals surface area contributed by atoms with Gasteiger partial charge in [-0.2, -0.15) is 0 Å². The summed E-state index contributed by atoms with van der Waals surface area (Å²) < 4.78 is 7.63. The normalized spacial score (nSPS) is 10.4. The summed E-state index contributed by atoms with van der Waals surface area (Å²) >= 11 is 0. The lowest BCUT2D eigenvalue weighted by molar-refractivity contribution is 0.0696. The molecule has 5 nitrogen and oxygen atoms in total. The van der Waals surface area contributed by atoms with E-state index in [1.165, 1.54) is 0 Å². The minimum Gasteiger partial charge on any atom is -0.486 e. The molecule has 0 aliphatic rings. The molecular weight excluding hydrogens is 244 g/mol. The van der Waals surface area contributed by atoms with E-state index >= 15 is 0 Å². The van der Waals surface area contributed by atoms with E-state index in [4.69, 9.17) is 9.84 Å². The van der Waals surface area contributed by atoms with Crippen LogP contribution in [0.1, 0.15) is 28.7 Å². The third kappa shape index (κ3) is 2.93. The number of carboxylic acids is 1. The molecule has 0 aliphatic carbocycles. The van der Waals surface area contributed by atoms with E-state index < -0.39 is 5.97 Å². The Balaban J connectivity index is 2.08. The second-order valence-corrected chi connectivity index (χ2v) is 4.20. The van der Waals surface area contributed by atoms with Crippen LogP contribution in [0.15, 0.2) is 30.6 Å². The summed E-state index contributed by atoms with van der Waals surface area (Å²) in [6.07, 6.45) is 3.64. The molecule has 5 heteroatoms. The summed E-state index contributed by atoms with van der Waals surface area (Å²) in [6, 6.07) is 4.94. The van der Waals surface area contributed by atoms with Gasteiger partial charge in [-0.3, -0.25) is 0 Å². The van der Waals surface area contributed by atoms with Gasteiger partial charge in [0.05, 0.1) is 5.56 Å². The number of aryl methyl sites for hydroxylation is 2. The van der Waals surface area contributed by atoms with Gasteiger partial charge in [0.15, 0.2) is 0 Å². The summed E-state index contributed by atoms with van der Waals surface area (Å²) in [4.78, 5) is 15.1. The SMILES string of the molecule is CCn1ccnc1COc1ccc(C(=O)O)c(C)c1. The van der Waals surface area contributed by atoms with Gasteiger partial charge < -0.3 is 14.4 Å². The first kappa shape index (κ1) is 13.1. The lowest BCUT2D eigenvalue weighted by Gasteiger charge is -2.09. The van der Waals surface area contributed by atoms with Gasteiger partial charge in [-0.05, 0) is 37.6 Å². The topological polar surface area (TPSA) is 64.4 Å². The smallest absolute Gasteiger partial charge is 0.335 e. The van der Waals surface area contributed by atoms with Crippen LogP contribution in [0, 0.1) is 6.92 Å². The average molecular weight is 260 g/mol. The molecule has 100 valence electrons. The zero-order valence-corrected chi connectivity index (χ0v) is 11.0. The van der Waals surface area contributed by atoms with Crippen molar-refractivity contribution in [1.82, 2.24) is 9.55 Å². The molecule has 1 aromatic heterocycles. The van der Waals surface area contributed by atoms with Crippen LogP contribution in [0.5, 0.6) is 5.75 Å².